The lowest BCUT2D eigenvalue weighted by molar-refractivity contribution is -0.710. The highest BCUT2D eigenvalue weighted by atomic mass is 32.1. The molecule has 0 saturated heterocycles. The van der Waals surface area contributed by atoms with E-state index in [4.69, 9.17) is 12.2 Å². The minimum atomic E-state index is 0.917. The summed E-state index contributed by atoms with van der Waals surface area (Å²) in [5.41, 5.74) is 1.23. The average Bonchev–Trinajstić information content (AvgIpc) is 2.06. The van der Waals surface area contributed by atoms with Gasteiger partial charge in [0.25, 0.3) is 0 Å². The zero-order valence-electron chi connectivity index (χ0n) is 7.87. The Balaban J connectivity index is 3.34. The van der Waals surface area contributed by atoms with Crippen LogP contribution in [0.1, 0.15) is 19.5 Å². The van der Waals surface area contributed by atoms with Crippen molar-refractivity contribution < 1.29 is 4.57 Å². The summed E-state index contributed by atoms with van der Waals surface area (Å²) in [7, 11) is 0. The SMILES string of the molecule is CCn1ccc(C)[n+](CC)c1=S. The second kappa shape index (κ2) is 3.81. The van der Waals surface area contributed by atoms with Gasteiger partial charge in [0, 0.05) is 18.3 Å². The zero-order chi connectivity index (χ0) is 9.14. The molecule has 0 aromatic carbocycles. The third-order valence-corrected chi connectivity index (χ3v) is 2.51. The summed E-state index contributed by atoms with van der Waals surface area (Å²) in [6, 6.07) is 2.10. The highest BCUT2D eigenvalue weighted by Gasteiger charge is 2.05. The molecule has 0 unspecified atom stereocenters. The second-order valence-corrected chi connectivity index (χ2v) is 3.14. The lowest BCUT2D eigenvalue weighted by Gasteiger charge is -2.03. The van der Waals surface area contributed by atoms with Crippen LogP contribution in [0.3, 0.4) is 0 Å². The Labute approximate surface area is 78.5 Å². The molecule has 0 N–H and O–H groups in total. The van der Waals surface area contributed by atoms with Crippen molar-refractivity contribution in [1.82, 2.24) is 4.57 Å². The van der Waals surface area contributed by atoms with Gasteiger partial charge >= 0.3 is 4.77 Å². The first-order valence-corrected chi connectivity index (χ1v) is 4.71. The molecule has 2 nitrogen and oxygen atoms in total. The van der Waals surface area contributed by atoms with Crippen LogP contribution in [0.25, 0.3) is 0 Å². The maximum Gasteiger partial charge on any atom is 0.350 e. The van der Waals surface area contributed by atoms with Gasteiger partial charge in [-0.05, 0) is 20.8 Å². The van der Waals surface area contributed by atoms with Crippen LogP contribution in [0.4, 0.5) is 0 Å². The summed E-state index contributed by atoms with van der Waals surface area (Å²) in [5.74, 6) is 0. The van der Waals surface area contributed by atoms with Crippen molar-refractivity contribution in [2.24, 2.45) is 0 Å². The van der Waals surface area contributed by atoms with E-state index in [1.54, 1.807) is 0 Å². The number of rotatable bonds is 2. The van der Waals surface area contributed by atoms with Gasteiger partial charge in [-0.25, -0.2) is 9.13 Å². The molecule has 0 spiro atoms. The minimum absolute atomic E-state index is 0.917. The minimum Gasteiger partial charge on any atom is -0.224 e. The molecule has 0 bridgehead atoms. The van der Waals surface area contributed by atoms with E-state index in [0.29, 0.717) is 0 Å². The summed E-state index contributed by atoms with van der Waals surface area (Å²) in [6.45, 7) is 8.19. The largest absolute Gasteiger partial charge is 0.350 e. The predicted molar refractivity (Wildman–Crippen MR) is 51.5 cm³/mol. The van der Waals surface area contributed by atoms with Gasteiger partial charge in [0.15, 0.2) is 0 Å². The van der Waals surface area contributed by atoms with Gasteiger partial charge in [-0.1, -0.05) is 0 Å². The molecular weight excluding hydrogens is 168 g/mol. The van der Waals surface area contributed by atoms with Crippen molar-refractivity contribution in [3.05, 3.63) is 22.7 Å². The fourth-order valence-electron chi connectivity index (χ4n) is 1.28. The number of hydrogen-bond acceptors (Lipinski definition) is 1. The van der Waals surface area contributed by atoms with Crippen molar-refractivity contribution in [3.8, 4) is 0 Å². The molecule has 1 aromatic rings. The van der Waals surface area contributed by atoms with Gasteiger partial charge in [0.05, 0.1) is 19.3 Å². The van der Waals surface area contributed by atoms with E-state index in [1.807, 2.05) is 6.20 Å². The van der Waals surface area contributed by atoms with E-state index < -0.39 is 0 Å². The van der Waals surface area contributed by atoms with Gasteiger partial charge in [-0.15, -0.1) is 0 Å². The van der Waals surface area contributed by atoms with E-state index in [1.165, 1.54) is 5.69 Å². The summed E-state index contributed by atoms with van der Waals surface area (Å²) >= 11 is 5.30. The van der Waals surface area contributed by atoms with Crippen molar-refractivity contribution in [1.29, 1.82) is 0 Å². The highest BCUT2D eigenvalue weighted by Crippen LogP contribution is 1.92. The van der Waals surface area contributed by atoms with Crippen LogP contribution in [-0.4, -0.2) is 4.57 Å². The Hall–Kier alpha value is -0.700. The van der Waals surface area contributed by atoms with Crippen LogP contribution in [-0.2, 0) is 13.1 Å². The van der Waals surface area contributed by atoms with Crippen LogP contribution >= 0.6 is 12.2 Å². The Morgan fingerprint density at radius 2 is 2.17 bits per heavy atom. The molecule has 0 aliphatic rings. The summed E-state index contributed by atoms with van der Waals surface area (Å²) in [6.07, 6.45) is 2.05. The smallest absolute Gasteiger partial charge is 0.224 e. The summed E-state index contributed by atoms with van der Waals surface area (Å²) < 4.78 is 5.13. The van der Waals surface area contributed by atoms with Crippen LogP contribution < -0.4 is 4.57 Å². The molecular formula is C9H15N2S+. The Kier molecular flexibility index (Phi) is 2.98. The lowest BCUT2D eigenvalue weighted by atomic mass is 10.4. The predicted octanol–water partition coefficient (Wildman–Crippen LogP) is 1.85. The standard InChI is InChI=1S/C9H15N2S/c1-4-10-7-6-8(3)11(5-2)9(10)12/h6-7H,4-5H2,1-3H3/q+1. The topological polar surface area (TPSA) is 8.81 Å². The molecule has 12 heavy (non-hydrogen) atoms. The van der Waals surface area contributed by atoms with Crippen molar-refractivity contribution in [2.75, 3.05) is 0 Å². The Morgan fingerprint density at radius 1 is 1.50 bits per heavy atom. The first-order valence-electron chi connectivity index (χ1n) is 4.30. The molecule has 1 heterocycles. The zero-order valence-corrected chi connectivity index (χ0v) is 8.69. The first-order chi connectivity index (χ1) is 5.70. The van der Waals surface area contributed by atoms with Crippen LogP contribution in [0.2, 0.25) is 0 Å². The van der Waals surface area contributed by atoms with E-state index in [-0.39, 0.29) is 0 Å². The maximum atomic E-state index is 5.30. The molecule has 0 amide bonds. The van der Waals surface area contributed by atoms with Gasteiger partial charge in [0.2, 0.25) is 0 Å². The number of nitrogens with zero attached hydrogens (tertiary/aromatic N) is 2. The summed E-state index contributed by atoms with van der Waals surface area (Å²) in [4.78, 5) is 0. The molecule has 0 aliphatic carbocycles. The van der Waals surface area contributed by atoms with Crippen LogP contribution in [0.15, 0.2) is 12.3 Å². The molecule has 0 radical (unpaired) electrons. The van der Waals surface area contributed by atoms with Crippen LogP contribution in [0, 0.1) is 11.7 Å². The third-order valence-electron chi connectivity index (χ3n) is 2.05. The van der Waals surface area contributed by atoms with Gasteiger partial charge in [-0.3, -0.25) is 0 Å². The van der Waals surface area contributed by atoms with Gasteiger partial charge in [0.1, 0.15) is 5.69 Å². The quantitative estimate of drug-likeness (QED) is 0.502. The number of aromatic nitrogens is 2. The second-order valence-electron chi connectivity index (χ2n) is 2.77. The molecule has 0 atom stereocenters. The maximum absolute atomic E-state index is 5.30. The lowest BCUT2D eigenvalue weighted by Crippen LogP contribution is -2.39. The highest BCUT2D eigenvalue weighted by molar-refractivity contribution is 7.71. The Morgan fingerprint density at radius 3 is 2.67 bits per heavy atom. The molecule has 1 rings (SSSR count). The molecule has 0 fully saturated rings. The fourth-order valence-corrected chi connectivity index (χ4v) is 1.75. The van der Waals surface area contributed by atoms with E-state index in [2.05, 4.69) is 36.0 Å². The third kappa shape index (κ3) is 1.55. The van der Waals surface area contributed by atoms with Crippen LogP contribution in [0.5, 0.6) is 0 Å². The van der Waals surface area contributed by atoms with E-state index >= 15 is 0 Å². The summed E-state index contributed by atoms with van der Waals surface area (Å²) in [5, 5.41) is 0. The van der Waals surface area contributed by atoms with Crippen molar-refractivity contribution in [3.63, 3.8) is 0 Å². The number of aryl methyl sites for hydroxylation is 2. The Bertz CT molecular complexity index is 328. The monoisotopic (exact) mass is 183 g/mol. The van der Waals surface area contributed by atoms with Crippen molar-refractivity contribution in [2.45, 2.75) is 33.9 Å². The van der Waals surface area contributed by atoms with Gasteiger partial charge in [-0.2, -0.15) is 0 Å². The molecule has 66 valence electrons. The van der Waals surface area contributed by atoms with E-state index in [9.17, 15) is 0 Å². The molecule has 1 aromatic heterocycles. The first kappa shape index (κ1) is 9.39. The average molecular weight is 183 g/mol. The number of hydrogen-bond donors (Lipinski definition) is 0. The normalized spacial score (nSPS) is 10.2. The van der Waals surface area contributed by atoms with Crippen molar-refractivity contribution >= 4 is 12.2 Å². The fraction of sp³-hybridized carbons (Fsp3) is 0.556. The molecule has 3 heteroatoms. The molecule has 0 aliphatic heterocycles. The van der Waals surface area contributed by atoms with E-state index in [0.717, 1.165) is 17.9 Å². The van der Waals surface area contributed by atoms with Gasteiger partial charge < -0.3 is 0 Å². The molecule has 0 saturated carbocycles.